The molecule has 0 saturated carbocycles. The molecular weight excluding hydrogens is 414 g/mol. The highest BCUT2D eigenvalue weighted by Crippen LogP contribution is 2.31. The van der Waals surface area contributed by atoms with Gasteiger partial charge in [-0.05, 0) is 54.8 Å². The first-order chi connectivity index (χ1) is 16.1. The van der Waals surface area contributed by atoms with Crippen molar-refractivity contribution in [3.8, 4) is 0 Å². The van der Waals surface area contributed by atoms with Gasteiger partial charge in [-0.1, -0.05) is 12.1 Å². The van der Waals surface area contributed by atoms with E-state index in [1.807, 2.05) is 47.4 Å². The summed E-state index contributed by atoms with van der Waals surface area (Å²) in [4.78, 5) is 22.5. The standard InChI is InChI=1S/C26H25N5O2/c27-25-22-17-24(29-23(22)10-13-28-25)19-11-15-30(16-12-19)26(32)20-7-4-18(5-8-20)6-9-21-3-1-2-14-31(21)33/h1-10,13-14,17,19,29H,11-12,15-16H2,(H2,27,28)/b9-6+. The third-order valence-electron chi connectivity index (χ3n) is 6.28. The largest absolute Gasteiger partial charge is 0.618 e. The molecule has 0 spiro atoms. The van der Waals surface area contributed by atoms with Crippen LogP contribution in [0.3, 0.4) is 0 Å². The number of hydrogen-bond donors (Lipinski definition) is 2. The molecule has 1 saturated heterocycles. The average Bonchev–Trinajstić information content (AvgIpc) is 3.29. The number of nitrogen functional groups attached to an aromatic ring is 1. The Morgan fingerprint density at radius 2 is 1.91 bits per heavy atom. The first-order valence-electron chi connectivity index (χ1n) is 11.1. The Morgan fingerprint density at radius 1 is 1.12 bits per heavy atom. The Bertz CT molecular complexity index is 1320. The molecule has 7 nitrogen and oxygen atoms in total. The molecule has 5 rings (SSSR count). The molecule has 4 heterocycles. The van der Waals surface area contributed by atoms with Gasteiger partial charge in [0, 0.05) is 60.1 Å². The van der Waals surface area contributed by atoms with Crippen LogP contribution >= 0.6 is 0 Å². The summed E-state index contributed by atoms with van der Waals surface area (Å²) in [7, 11) is 0. The van der Waals surface area contributed by atoms with Crippen LogP contribution in [0.25, 0.3) is 23.1 Å². The molecular formula is C26H25N5O2. The Kier molecular flexibility index (Phi) is 5.52. The number of aromatic amines is 1. The number of benzene rings is 1. The van der Waals surface area contributed by atoms with Crippen LogP contribution in [-0.2, 0) is 0 Å². The number of carbonyl (C=O) groups is 1. The van der Waals surface area contributed by atoms with Crippen LogP contribution in [0.4, 0.5) is 5.82 Å². The highest BCUT2D eigenvalue weighted by Gasteiger charge is 2.25. The second-order valence-electron chi connectivity index (χ2n) is 8.36. The number of likely N-dealkylation sites (tertiary alicyclic amines) is 1. The fourth-order valence-corrected chi connectivity index (χ4v) is 4.38. The van der Waals surface area contributed by atoms with Crippen molar-refractivity contribution in [2.24, 2.45) is 0 Å². The molecule has 1 aliphatic heterocycles. The third-order valence-corrected chi connectivity index (χ3v) is 6.28. The lowest BCUT2D eigenvalue weighted by Gasteiger charge is -2.31. The van der Waals surface area contributed by atoms with Crippen LogP contribution in [0.1, 0.15) is 46.1 Å². The zero-order valence-corrected chi connectivity index (χ0v) is 18.1. The maximum Gasteiger partial charge on any atom is 0.253 e. The number of nitrogens with one attached hydrogen (secondary N) is 1. The van der Waals surface area contributed by atoms with Gasteiger partial charge in [0.1, 0.15) is 5.82 Å². The van der Waals surface area contributed by atoms with Crippen molar-refractivity contribution in [3.63, 3.8) is 0 Å². The van der Waals surface area contributed by atoms with Gasteiger partial charge in [-0.2, -0.15) is 4.73 Å². The number of carbonyl (C=O) groups excluding carboxylic acids is 1. The van der Waals surface area contributed by atoms with Gasteiger partial charge in [0.05, 0.1) is 5.52 Å². The van der Waals surface area contributed by atoms with Gasteiger partial charge in [-0.3, -0.25) is 4.79 Å². The first-order valence-corrected chi connectivity index (χ1v) is 11.1. The van der Waals surface area contributed by atoms with E-state index in [0.29, 0.717) is 36.1 Å². The highest BCUT2D eigenvalue weighted by atomic mass is 16.5. The molecule has 0 bridgehead atoms. The molecule has 1 fully saturated rings. The van der Waals surface area contributed by atoms with Crippen LogP contribution in [0.5, 0.6) is 0 Å². The molecule has 166 valence electrons. The van der Waals surface area contributed by atoms with E-state index in [9.17, 15) is 10.0 Å². The number of piperidine rings is 1. The number of hydrogen-bond acceptors (Lipinski definition) is 4. The number of rotatable bonds is 4. The van der Waals surface area contributed by atoms with E-state index in [0.717, 1.165) is 39.7 Å². The lowest BCUT2D eigenvalue weighted by Crippen LogP contribution is -2.37. The van der Waals surface area contributed by atoms with Crippen LogP contribution < -0.4 is 10.5 Å². The number of aromatic nitrogens is 3. The van der Waals surface area contributed by atoms with E-state index in [4.69, 9.17) is 5.73 Å². The summed E-state index contributed by atoms with van der Waals surface area (Å²) in [6, 6.07) is 16.8. The predicted molar refractivity (Wildman–Crippen MR) is 129 cm³/mol. The van der Waals surface area contributed by atoms with Crippen molar-refractivity contribution in [2.75, 3.05) is 18.8 Å². The van der Waals surface area contributed by atoms with Gasteiger partial charge in [-0.25, -0.2) is 4.98 Å². The lowest BCUT2D eigenvalue weighted by molar-refractivity contribution is -0.607. The van der Waals surface area contributed by atoms with Crippen LogP contribution in [0.2, 0.25) is 0 Å². The normalized spacial score (nSPS) is 14.8. The van der Waals surface area contributed by atoms with Gasteiger partial charge >= 0.3 is 0 Å². The van der Waals surface area contributed by atoms with E-state index in [1.165, 1.54) is 6.20 Å². The Morgan fingerprint density at radius 3 is 2.64 bits per heavy atom. The van der Waals surface area contributed by atoms with Crippen molar-refractivity contribution >= 4 is 34.8 Å². The number of amides is 1. The van der Waals surface area contributed by atoms with Crippen LogP contribution in [0.15, 0.2) is 67.0 Å². The number of anilines is 1. The summed E-state index contributed by atoms with van der Waals surface area (Å²) >= 11 is 0. The van der Waals surface area contributed by atoms with Crippen molar-refractivity contribution in [2.45, 2.75) is 18.8 Å². The van der Waals surface area contributed by atoms with Crippen molar-refractivity contribution < 1.29 is 9.52 Å². The maximum absolute atomic E-state index is 13.0. The highest BCUT2D eigenvalue weighted by molar-refractivity contribution is 5.94. The Labute approximate surface area is 191 Å². The van der Waals surface area contributed by atoms with Crippen molar-refractivity contribution in [3.05, 3.63) is 94.7 Å². The van der Waals surface area contributed by atoms with Gasteiger partial charge in [0.2, 0.25) is 5.69 Å². The molecule has 1 amide bonds. The Hall–Kier alpha value is -4.13. The zero-order valence-electron chi connectivity index (χ0n) is 18.1. The van der Waals surface area contributed by atoms with Crippen molar-refractivity contribution in [1.82, 2.24) is 14.9 Å². The molecule has 0 atom stereocenters. The fraction of sp³-hybridized carbons (Fsp3) is 0.192. The molecule has 7 heteroatoms. The molecule has 0 aliphatic carbocycles. The molecule has 3 N–H and O–H groups in total. The lowest BCUT2D eigenvalue weighted by atomic mass is 9.93. The number of pyridine rings is 2. The maximum atomic E-state index is 13.0. The predicted octanol–water partition coefficient (Wildman–Crippen LogP) is 3.97. The minimum absolute atomic E-state index is 0.0505. The summed E-state index contributed by atoms with van der Waals surface area (Å²) < 4.78 is 0.819. The summed E-state index contributed by atoms with van der Waals surface area (Å²) in [6.07, 6.45) is 8.61. The quantitative estimate of drug-likeness (QED) is 0.371. The Balaban J connectivity index is 1.21. The van der Waals surface area contributed by atoms with Gasteiger partial charge in [-0.15, -0.1) is 0 Å². The third kappa shape index (κ3) is 4.30. The number of nitrogens with two attached hydrogens (primary N) is 1. The molecule has 0 radical (unpaired) electrons. The molecule has 0 unspecified atom stereocenters. The smallest absolute Gasteiger partial charge is 0.253 e. The van der Waals surface area contributed by atoms with E-state index in [-0.39, 0.29) is 5.91 Å². The second kappa shape index (κ2) is 8.78. The van der Waals surface area contributed by atoms with Crippen LogP contribution in [0, 0.1) is 5.21 Å². The SMILES string of the molecule is Nc1nccc2[nH]c(C3CCN(C(=O)c4ccc(/C=C/c5cccc[n+]5[O-])cc4)CC3)cc12. The van der Waals surface area contributed by atoms with E-state index >= 15 is 0 Å². The summed E-state index contributed by atoms with van der Waals surface area (Å²) in [5, 5.41) is 12.7. The van der Waals surface area contributed by atoms with E-state index in [1.54, 1.807) is 24.4 Å². The fourth-order valence-electron chi connectivity index (χ4n) is 4.38. The summed E-state index contributed by atoms with van der Waals surface area (Å²) in [6.45, 7) is 1.43. The van der Waals surface area contributed by atoms with Gasteiger partial charge in [0.15, 0.2) is 6.20 Å². The molecule has 3 aromatic heterocycles. The zero-order chi connectivity index (χ0) is 22.8. The second-order valence-corrected chi connectivity index (χ2v) is 8.36. The monoisotopic (exact) mass is 439 g/mol. The first kappa shape index (κ1) is 20.8. The van der Waals surface area contributed by atoms with Gasteiger partial charge in [0.25, 0.3) is 5.91 Å². The minimum Gasteiger partial charge on any atom is -0.618 e. The molecule has 1 aromatic carbocycles. The molecule has 33 heavy (non-hydrogen) atoms. The summed E-state index contributed by atoms with van der Waals surface area (Å²) in [5.41, 5.74) is 10.3. The molecule has 1 aliphatic rings. The van der Waals surface area contributed by atoms with E-state index < -0.39 is 0 Å². The topological polar surface area (TPSA) is 102 Å². The van der Waals surface area contributed by atoms with Crippen LogP contribution in [-0.4, -0.2) is 33.9 Å². The van der Waals surface area contributed by atoms with Crippen molar-refractivity contribution in [1.29, 1.82) is 0 Å². The summed E-state index contributed by atoms with van der Waals surface area (Å²) in [5.74, 6) is 0.960. The number of H-pyrrole nitrogens is 1. The minimum atomic E-state index is 0.0505. The molecule has 4 aromatic rings. The van der Waals surface area contributed by atoms with E-state index in [2.05, 4.69) is 16.0 Å². The van der Waals surface area contributed by atoms with Gasteiger partial charge < -0.3 is 20.8 Å². The number of nitrogens with zero attached hydrogens (tertiary/aromatic N) is 3. The number of fused-ring (bicyclic) bond motifs is 1. The average molecular weight is 440 g/mol.